The Morgan fingerprint density at radius 2 is 1.92 bits per heavy atom. The van der Waals surface area contributed by atoms with Gasteiger partial charge in [-0.15, -0.1) is 11.3 Å². The van der Waals surface area contributed by atoms with Crippen LogP contribution in [0.5, 0.6) is 0 Å². The zero-order valence-corrected chi connectivity index (χ0v) is 24.7. The number of aryl methyl sites for hydroxylation is 1. The van der Waals surface area contributed by atoms with Gasteiger partial charge in [0.1, 0.15) is 11.9 Å². The molecule has 0 amide bonds. The van der Waals surface area contributed by atoms with Crippen LogP contribution in [0.15, 0.2) is 11.0 Å². The molecule has 2 N–H and O–H groups in total. The lowest BCUT2D eigenvalue weighted by Gasteiger charge is -2.36. The summed E-state index contributed by atoms with van der Waals surface area (Å²) >= 11 is 1.56. The van der Waals surface area contributed by atoms with Gasteiger partial charge >= 0.3 is 5.97 Å². The number of hydrogen-bond donors (Lipinski definition) is 2. The van der Waals surface area contributed by atoms with E-state index in [9.17, 15) is 19.8 Å². The summed E-state index contributed by atoms with van der Waals surface area (Å²) in [6, 6.07) is 0. The number of aliphatic hydroxyl groups excluding tert-OH is 2. The van der Waals surface area contributed by atoms with E-state index in [0.717, 1.165) is 35.5 Å². The van der Waals surface area contributed by atoms with Gasteiger partial charge in [0.05, 0.1) is 40.3 Å². The molecule has 6 atom stereocenters. The summed E-state index contributed by atoms with van der Waals surface area (Å²) in [4.78, 5) is 30.9. The van der Waals surface area contributed by atoms with Crippen LogP contribution in [-0.2, 0) is 19.1 Å². The van der Waals surface area contributed by atoms with Crippen molar-refractivity contribution in [2.24, 2.45) is 17.3 Å². The molecular formula is C29H47NO6S. The first kappa shape index (κ1) is 31.6. The molecule has 2 heterocycles. The van der Waals surface area contributed by atoms with Crippen LogP contribution < -0.4 is 0 Å². The molecule has 0 aliphatic carbocycles. The fourth-order valence-electron chi connectivity index (χ4n) is 5.14. The molecule has 1 unspecified atom stereocenters. The number of rotatable bonds is 4. The molecule has 0 spiro atoms. The molecule has 1 saturated heterocycles. The van der Waals surface area contributed by atoms with Crippen molar-refractivity contribution in [1.82, 2.24) is 4.98 Å². The van der Waals surface area contributed by atoms with Crippen LogP contribution in [-0.4, -0.2) is 57.5 Å². The van der Waals surface area contributed by atoms with Gasteiger partial charge in [-0.2, -0.15) is 0 Å². The second-order valence-electron chi connectivity index (χ2n) is 11.6. The number of carbonyl (C=O) groups is 2. The van der Waals surface area contributed by atoms with Crippen molar-refractivity contribution in [2.75, 3.05) is 6.61 Å². The minimum Gasteiger partial charge on any atom is -0.458 e. The number of hydrogen-bond acceptors (Lipinski definition) is 8. The van der Waals surface area contributed by atoms with Crippen molar-refractivity contribution in [1.29, 1.82) is 0 Å². The molecule has 210 valence electrons. The predicted molar refractivity (Wildman–Crippen MR) is 147 cm³/mol. The summed E-state index contributed by atoms with van der Waals surface area (Å²) in [5.41, 5.74) is -0.0722. The number of esters is 1. The molecule has 0 aromatic carbocycles. The molecule has 37 heavy (non-hydrogen) atoms. The minimum absolute atomic E-state index is 0.106. The monoisotopic (exact) mass is 537 g/mol. The highest BCUT2D eigenvalue weighted by molar-refractivity contribution is 7.09. The molecule has 1 aromatic heterocycles. The zero-order chi connectivity index (χ0) is 28.0. The maximum atomic E-state index is 13.3. The smallest absolute Gasteiger partial charge is 0.309 e. The Morgan fingerprint density at radius 3 is 2.51 bits per heavy atom. The number of ether oxygens (including phenoxy) is 2. The highest BCUT2D eigenvalue weighted by atomic mass is 32.1. The van der Waals surface area contributed by atoms with E-state index in [1.54, 1.807) is 32.1 Å². The van der Waals surface area contributed by atoms with Gasteiger partial charge in [0.25, 0.3) is 0 Å². The molecular weight excluding hydrogens is 490 g/mol. The highest BCUT2D eigenvalue weighted by Gasteiger charge is 2.42. The Bertz CT molecular complexity index is 941. The van der Waals surface area contributed by atoms with Crippen molar-refractivity contribution >= 4 is 29.2 Å². The second kappa shape index (κ2) is 13.5. The Hall–Kier alpha value is -1.61. The van der Waals surface area contributed by atoms with E-state index in [1.165, 1.54) is 0 Å². The standard InChI is InChI=1S/C29H47NO6S/c1-9-12-29(8)16-23(19(3)14-22-17-37-21(5)30-22)36-25(32)15-24(31)28(6,7)27(34)20(4)26(33)18(2)11-10-13-35-29/h14,17-18,20,23-24,26,31,33H,9-13,15-16H2,1-8H3/b19-14+/t18-,20+,23-,24-,26?,29+/m0/s1. The lowest BCUT2D eigenvalue weighted by Crippen LogP contribution is -2.46. The van der Waals surface area contributed by atoms with Gasteiger partial charge in [-0.1, -0.05) is 41.0 Å². The molecule has 7 nitrogen and oxygen atoms in total. The number of aliphatic hydroxyl groups is 2. The number of thiazole rings is 1. The van der Waals surface area contributed by atoms with Gasteiger partial charge in [-0.25, -0.2) is 4.98 Å². The number of ketones is 1. The van der Waals surface area contributed by atoms with Crippen molar-refractivity contribution in [3.8, 4) is 0 Å². The van der Waals surface area contributed by atoms with E-state index in [0.29, 0.717) is 19.4 Å². The normalized spacial score (nSPS) is 33.2. The van der Waals surface area contributed by atoms with Gasteiger partial charge in [-0.05, 0) is 57.6 Å². The molecule has 1 aromatic rings. The number of nitrogens with zero attached hydrogens (tertiary/aromatic N) is 1. The number of cyclic esters (lactones) is 1. The van der Waals surface area contributed by atoms with E-state index in [-0.39, 0.29) is 18.1 Å². The van der Waals surface area contributed by atoms with E-state index < -0.39 is 41.2 Å². The van der Waals surface area contributed by atoms with Crippen molar-refractivity contribution in [3.63, 3.8) is 0 Å². The quantitative estimate of drug-likeness (QED) is 0.488. The first-order chi connectivity index (χ1) is 17.2. The van der Waals surface area contributed by atoms with Gasteiger partial charge in [-0.3, -0.25) is 9.59 Å². The van der Waals surface area contributed by atoms with Crippen LogP contribution in [0.2, 0.25) is 0 Å². The Balaban J connectivity index is 2.41. The van der Waals surface area contributed by atoms with Crippen LogP contribution in [0.3, 0.4) is 0 Å². The molecule has 0 saturated carbocycles. The molecule has 2 rings (SSSR count). The summed E-state index contributed by atoms with van der Waals surface area (Å²) in [7, 11) is 0. The molecule has 1 fully saturated rings. The Morgan fingerprint density at radius 1 is 1.24 bits per heavy atom. The van der Waals surface area contributed by atoms with Crippen LogP contribution in [0.25, 0.3) is 6.08 Å². The van der Waals surface area contributed by atoms with Crippen LogP contribution in [0.1, 0.15) is 97.7 Å². The van der Waals surface area contributed by atoms with Gasteiger partial charge in [0.2, 0.25) is 0 Å². The second-order valence-corrected chi connectivity index (χ2v) is 12.7. The van der Waals surface area contributed by atoms with E-state index in [2.05, 4.69) is 18.8 Å². The average molecular weight is 538 g/mol. The molecule has 1 aliphatic heterocycles. The predicted octanol–water partition coefficient (Wildman–Crippen LogP) is 5.51. The molecule has 0 radical (unpaired) electrons. The number of carbonyl (C=O) groups excluding carboxylic acids is 2. The maximum Gasteiger partial charge on any atom is 0.309 e. The lowest BCUT2D eigenvalue weighted by atomic mass is 9.73. The van der Waals surface area contributed by atoms with Gasteiger partial charge in [0, 0.05) is 24.3 Å². The van der Waals surface area contributed by atoms with Gasteiger partial charge in [0.15, 0.2) is 0 Å². The third kappa shape index (κ3) is 8.70. The number of aromatic nitrogens is 1. The third-order valence-electron chi connectivity index (χ3n) is 7.78. The van der Waals surface area contributed by atoms with Crippen LogP contribution in [0, 0.1) is 24.2 Å². The van der Waals surface area contributed by atoms with Crippen molar-refractivity contribution in [2.45, 2.75) is 118 Å². The summed E-state index contributed by atoms with van der Waals surface area (Å²) in [6.07, 6.45) is 2.59. The van der Waals surface area contributed by atoms with Crippen LogP contribution >= 0.6 is 11.3 Å². The fraction of sp³-hybridized carbons (Fsp3) is 0.759. The minimum atomic E-state index is -1.24. The summed E-state index contributed by atoms with van der Waals surface area (Å²) in [5.74, 6) is -1.62. The van der Waals surface area contributed by atoms with Gasteiger partial charge < -0.3 is 19.7 Å². The Labute approximate surface area is 226 Å². The molecule has 1 aliphatic rings. The summed E-state index contributed by atoms with van der Waals surface area (Å²) in [5, 5.41) is 24.7. The number of Topliss-reactive ketones (excluding diaryl/α,β-unsaturated/α-hetero) is 1. The van der Waals surface area contributed by atoms with Crippen molar-refractivity contribution in [3.05, 3.63) is 21.7 Å². The molecule has 0 bridgehead atoms. The first-order valence-electron chi connectivity index (χ1n) is 13.5. The van der Waals surface area contributed by atoms with Crippen LogP contribution in [0.4, 0.5) is 0 Å². The Kier molecular flexibility index (Phi) is 11.5. The summed E-state index contributed by atoms with van der Waals surface area (Å²) < 4.78 is 12.4. The van der Waals surface area contributed by atoms with E-state index in [1.807, 2.05) is 32.2 Å². The fourth-order valence-corrected chi connectivity index (χ4v) is 5.71. The van der Waals surface area contributed by atoms with E-state index in [4.69, 9.17) is 9.47 Å². The average Bonchev–Trinajstić information content (AvgIpc) is 3.23. The SMILES string of the molecule is CCC[C@]1(C)C[C@@H](/C(C)=C/c2csc(C)n2)OC(=O)C[C@H](O)C(C)(C)C(=O)[C@H](C)C(O)[C@@H](C)CCCO1. The largest absolute Gasteiger partial charge is 0.458 e. The molecule has 8 heteroatoms. The summed E-state index contributed by atoms with van der Waals surface area (Å²) in [6.45, 7) is 15.4. The highest BCUT2D eigenvalue weighted by Crippen LogP contribution is 2.34. The van der Waals surface area contributed by atoms with E-state index >= 15 is 0 Å². The maximum absolute atomic E-state index is 13.3. The lowest BCUT2D eigenvalue weighted by molar-refractivity contribution is -0.157. The van der Waals surface area contributed by atoms with Crippen molar-refractivity contribution < 1.29 is 29.3 Å². The first-order valence-corrected chi connectivity index (χ1v) is 14.4. The zero-order valence-electron chi connectivity index (χ0n) is 23.9. The third-order valence-corrected chi connectivity index (χ3v) is 8.57. The topological polar surface area (TPSA) is 106 Å².